The molecule has 0 aromatic heterocycles. The van der Waals surface area contributed by atoms with Gasteiger partial charge in [0, 0.05) is 6.54 Å². The van der Waals surface area contributed by atoms with Crippen molar-refractivity contribution in [1.29, 1.82) is 0 Å². The molecule has 1 aromatic rings. The molecule has 1 amide bonds. The highest BCUT2D eigenvalue weighted by atomic mass is 35.5. The van der Waals surface area contributed by atoms with Crippen molar-refractivity contribution in [2.45, 2.75) is 24.2 Å². The predicted molar refractivity (Wildman–Crippen MR) is 77.5 cm³/mol. The SMILES string of the molecule is NS(=O)(=O)c1cc(C(=O)NCC2CCC2)c(Cl)cc1Cl. The number of benzene rings is 1. The first kappa shape index (κ1) is 15.6. The highest BCUT2D eigenvalue weighted by Crippen LogP contribution is 2.29. The van der Waals surface area contributed by atoms with Gasteiger partial charge in [-0.2, -0.15) is 0 Å². The molecule has 5 nitrogen and oxygen atoms in total. The molecule has 0 aliphatic heterocycles. The molecule has 8 heteroatoms. The molecule has 1 aromatic carbocycles. The number of hydrogen-bond donors (Lipinski definition) is 2. The van der Waals surface area contributed by atoms with E-state index in [1.165, 1.54) is 12.5 Å². The number of amides is 1. The Bertz CT molecular complexity index is 642. The number of hydrogen-bond acceptors (Lipinski definition) is 3. The fourth-order valence-electron chi connectivity index (χ4n) is 1.95. The fourth-order valence-corrected chi connectivity index (χ4v) is 3.35. The van der Waals surface area contributed by atoms with E-state index < -0.39 is 15.9 Å². The molecular formula is C12H14Cl2N2O3S. The van der Waals surface area contributed by atoms with E-state index in [9.17, 15) is 13.2 Å². The summed E-state index contributed by atoms with van der Waals surface area (Å²) in [4.78, 5) is 11.7. The Balaban J connectivity index is 2.23. The molecular weight excluding hydrogens is 323 g/mol. The number of nitrogens with two attached hydrogens (primary N) is 1. The molecule has 1 aliphatic carbocycles. The molecule has 110 valence electrons. The van der Waals surface area contributed by atoms with Crippen LogP contribution in [0, 0.1) is 5.92 Å². The van der Waals surface area contributed by atoms with E-state index in [-0.39, 0.29) is 20.5 Å². The monoisotopic (exact) mass is 336 g/mol. The summed E-state index contributed by atoms with van der Waals surface area (Å²) < 4.78 is 22.8. The van der Waals surface area contributed by atoms with Crippen LogP contribution in [0.2, 0.25) is 10.0 Å². The maximum absolute atomic E-state index is 12.0. The van der Waals surface area contributed by atoms with Crippen LogP contribution < -0.4 is 10.5 Å². The van der Waals surface area contributed by atoms with Crippen molar-refractivity contribution in [3.05, 3.63) is 27.7 Å². The van der Waals surface area contributed by atoms with Gasteiger partial charge in [0.05, 0.1) is 15.6 Å². The number of primary sulfonamides is 1. The van der Waals surface area contributed by atoms with Gasteiger partial charge in [0.1, 0.15) is 4.90 Å². The minimum absolute atomic E-state index is 0.0550. The molecule has 1 aliphatic rings. The molecule has 20 heavy (non-hydrogen) atoms. The first-order chi connectivity index (χ1) is 9.29. The highest BCUT2D eigenvalue weighted by Gasteiger charge is 2.22. The van der Waals surface area contributed by atoms with Gasteiger partial charge in [-0.1, -0.05) is 29.6 Å². The second-order valence-electron chi connectivity index (χ2n) is 4.81. The molecule has 1 saturated carbocycles. The average Bonchev–Trinajstić information content (AvgIpc) is 2.24. The smallest absolute Gasteiger partial charge is 0.252 e. The third-order valence-corrected chi connectivity index (χ3v) is 5.04. The second-order valence-corrected chi connectivity index (χ2v) is 7.16. The van der Waals surface area contributed by atoms with Crippen molar-refractivity contribution in [1.82, 2.24) is 5.32 Å². The van der Waals surface area contributed by atoms with Gasteiger partial charge in [0.25, 0.3) is 5.91 Å². The van der Waals surface area contributed by atoms with Gasteiger partial charge >= 0.3 is 0 Å². The lowest BCUT2D eigenvalue weighted by molar-refractivity contribution is 0.0939. The summed E-state index contributed by atoms with van der Waals surface area (Å²) in [5, 5.41) is 7.77. The summed E-state index contributed by atoms with van der Waals surface area (Å²) >= 11 is 11.7. The van der Waals surface area contributed by atoms with E-state index in [0.717, 1.165) is 18.9 Å². The number of carbonyl (C=O) groups excluding carboxylic acids is 1. The normalized spacial score (nSPS) is 15.8. The molecule has 0 radical (unpaired) electrons. The van der Waals surface area contributed by atoms with Crippen molar-refractivity contribution >= 4 is 39.1 Å². The quantitative estimate of drug-likeness (QED) is 0.882. The van der Waals surface area contributed by atoms with Crippen LogP contribution in [0.15, 0.2) is 17.0 Å². The van der Waals surface area contributed by atoms with Crippen LogP contribution in [0.25, 0.3) is 0 Å². The maximum atomic E-state index is 12.0. The van der Waals surface area contributed by atoms with Crippen LogP contribution in [-0.4, -0.2) is 20.9 Å². The Morgan fingerprint density at radius 3 is 2.45 bits per heavy atom. The molecule has 0 heterocycles. The van der Waals surface area contributed by atoms with Crippen LogP contribution in [0.5, 0.6) is 0 Å². The Morgan fingerprint density at radius 1 is 1.30 bits per heavy atom. The van der Waals surface area contributed by atoms with Crippen LogP contribution in [0.3, 0.4) is 0 Å². The molecule has 0 spiro atoms. The lowest BCUT2D eigenvalue weighted by Gasteiger charge is -2.25. The first-order valence-electron chi connectivity index (χ1n) is 6.09. The standard InChI is InChI=1S/C12H14Cl2N2O3S/c13-9-5-10(14)11(20(15,18)19)4-8(9)12(17)16-6-7-2-1-3-7/h4-5,7H,1-3,6H2,(H,16,17)(H2,15,18,19). The molecule has 2 rings (SSSR count). The third kappa shape index (κ3) is 3.44. The van der Waals surface area contributed by atoms with Crippen LogP contribution in [-0.2, 0) is 10.0 Å². The minimum atomic E-state index is -4.00. The van der Waals surface area contributed by atoms with Crippen molar-refractivity contribution < 1.29 is 13.2 Å². The Hall–Kier alpha value is -0.820. The average molecular weight is 337 g/mol. The molecule has 0 saturated heterocycles. The number of rotatable bonds is 4. The molecule has 0 unspecified atom stereocenters. The highest BCUT2D eigenvalue weighted by molar-refractivity contribution is 7.89. The van der Waals surface area contributed by atoms with E-state index in [1.807, 2.05) is 0 Å². The Kier molecular flexibility index (Phi) is 4.59. The summed E-state index contributed by atoms with van der Waals surface area (Å²) in [6, 6.07) is 2.32. The van der Waals surface area contributed by atoms with E-state index in [2.05, 4.69) is 5.32 Å². The second kappa shape index (κ2) is 5.89. The van der Waals surface area contributed by atoms with Gasteiger partial charge in [-0.25, -0.2) is 13.6 Å². The van der Waals surface area contributed by atoms with Crippen molar-refractivity contribution in [2.75, 3.05) is 6.54 Å². The lowest BCUT2D eigenvalue weighted by atomic mass is 9.85. The summed E-state index contributed by atoms with van der Waals surface area (Å²) in [6.07, 6.45) is 3.37. The van der Waals surface area contributed by atoms with Crippen LogP contribution in [0.1, 0.15) is 29.6 Å². The summed E-state index contributed by atoms with van der Waals surface area (Å²) in [5.74, 6) is 0.0613. The molecule has 3 N–H and O–H groups in total. The molecule has 0 atom stereocenters. The summed E-state index contributed by atoms with van der Waals surface area (Å²) in [5.41, 5.74) is 0.0550. The third-order valence-electron chi connectivity index (χ3n) is 3.35. The van der Waals surface area contributed by atoms with Gasteiger partial charge in [0.15, 0.2) is 0 Å². The van der Waals surface area contributed by atoms with Gasteiger partial charge in [-0.3, -0.25) is 4.79 Å². The molecule has 1 fully saturated rings. The lowest BCUT2D eigenvalue weighted by Crippen LogP contribution is -2.32. The topological polar surface area (TPSA) is 89.3 Å². The zero-order chi connectivity index (χ0) is 14.9. The zero-order valence-corrected chi connectivity index (χ0v) is 12.9. The minimum Gasteiger partial charge on any atom is -0.352 e. The molecule has 0 bridgehead atoms. The van der Waals surface area contributed by atoms with Gasteiger partial charge in [0.2, 0.25) is 10.0 Å². The van der Waals surface area contributed by atoms with E-state index in [1.54, 1.807) is 0 Å². The van der Waals surface area contributed by atoms with E-state index >= 15 is 0 Å². The number of halogens is 2. The van der Waals surface area contributed by atoms with Crippen LogP contribution >= 0.6 is 23.2 Å². The van der Waals surface area contributed by atoms with Crippen molar-refractivity contribution in [3.8, 4) is 0 Å². The predicted octanol–water partition coefficient (Wildman–Crippen LogP) is 2.17. The van der Waals surface area contributed by atoms with E-state index in [0.29, 0.717) is 12.5 Å². The van der Waals surface area contributed by atoms with Crippen molar-refractivity contribution in [3.63, 3.8) is 0 Å². The Labute approximate surface area is 127 Å². The first-order valence-corrected chi connectivity index (χ1v) is 8.39. The summed E-state index contributed by atoms with van der Waals surface area (Å²) in [6.45, 7) is 0.558. The number of sulfonamides is 1. The summed E-state index contributed by atoms with van der Waals surface area (Å²) in [7, 11) is -4.00. The van der Waals surface area contributed by atoms with E-state index in [4.69, 9.17) is 28.3 Å². The maximum Gasteiger partial charge on any atom is 0.252 e. The zero-order valence-electron chi connectivity index (χ0n) is 10.5. The van der Waals surface area contributed by atoms with Gasteiger partial charge in [-0.05, 0) is 30.9 Å². The fraction of sp³-hybridized carbons (Fsp3) is 0.417. The van der Waals surface area contributed by atoms with Gasteiger partial charge < -0.3 is 5.32 Å². The number of nitrogens with one attached hydrogen (secondary N) is 1. The van der Waals surface area contributed by atoms with Gasteiger partial charge in [-0.15, -0.1) is 0 Å². The number of carbonyl (C=O) groups is 1. The largest absolute Gasteiger partial charge is 0.352 e. The van der Waals surface area contributed by atoms with Crippen LogP contribution in [0.4, 0.5) is 0 Å². The van der Waals surface area contributed by atoms with Crippen molar-refractivity contribution in [2.24, 2.45) is 11.1 Å². The Morgan fingerprint density at radius 2 is 1.95 bits per heavy atom.